The number of benzene rings is 3. The maximum absolute atomic E-state index is 12.4. The van der Waals surface area contributed by atoms with Crippen LogP contribution in [0.2, 0.25) is 0 Å². The summed E-state index contributed by atoms with van der Waals surface area (Å²) in [7, 11) is -3.49. The highest BCUT2D eigenvalue weighted by Gasteiger charge is 2.17. The molecule has 2 N–H and O–H groups in total. The number of rotatable bonds is 13. The highest BCUT2D eigenvalue weighted by Crippen LogP contribution is 2.17. The monoisotopic (exact) mass is 483 g/mol. The first kappa shape index (κ1) is 25.3. The van der Waals surface area contributed by atoms with Gasteiger partial charge in [-0.3, -0.25) is 4.72 Å². The zero-order valence-corrected chi connectivity index (χ0v) is 19.8. The third-order valence-corrected chi connectivity index (χ3v) is 6.33. The van der Waals surface area contributed by atoms with Gasteiger partial charge in [-0.1, -0.05) is 54.6 Å². The van der Waals surface area contributed by atoms with Crippen LogP contribution in [0.15, 0.2) is 78.9 Å². The molecular formula is C26H29NO6S. The highest BCUT2D eigenvalue weighted by atomic mass is 32.2. The van der Waals surface area contributed by atoms with Gasteiger partial charge in [0.25, 0.3) is 0 Å². The summed E-state index contributed by atoms with van der Waals surface area (Å²) in [6.07, 6.45) is 0.0948. The van der Waals surface area contributed by atoms with Gasteiger partial charge in [0.05, 0.1) is 12.4 Å². The summed E-state index contributed by atoms with van der Waals surface area (Å²) in [4.78, 5) is 11.2. The Hall–Kier alpha value is -3.36. The predicted molar refractivity (Wildman–Crippen MR) is 132 cm³/mol. The van der Waals surface area contributed by atoms with Crippen molar-refractivity contribution in [1.29, 1.82) is 0 Å². The minimum Gasteiger partial charge on any atom is -0.493 e. The highest BCUT2D eigenvalue weighted by molar-refractivity contribution is 7.91. The van der Waals surface area contributed by atoms with Crippen molar-refractivity contribution in [1.82, 2.24) is 0 Å². The fourth-order valence-corrected chi connectivity index (χ4v) is 4.59. The second-order valence-electron chi connectivity index (χ2n) is 7.77. The van der Waals surface area contributed by atoms with E-state index < -0.39 is 22.1 Å². The molecule has 180 valence electrons. The molecule has 0 amide bonds. The lowest BCUT2D eigenvalue weighted by Gasteiger charge is -2.13. The SMILES string of the molecule is CCO[C@@H](Cc1ccc(OCCc2ccc(NS(=O)(=O)Cc3ccccc3)cc2)cc1)C(=O)O. The Bertz CT molecular complexity index is 1150. The van der Waals surface area contributed by atoms with Gasteiger partial charge in [0.1, 0.15) is 5.75 Å². The average molecular weight is 484 g/mol. The van der Waals surface area contributed by atoms with Crippen molar-refractivity contribution >= 4 is 21.7 Å². The van der Waals surface area contributed by atoms with E-state index in [1.165, 1.54) is 0 Å². The lowest BCUT2D eigenvalue weighted by atomic mass is 10.1. The molecule has 0 spiro atoms. The summed E-state index contributed by atoms with van der Waals surface area (Å²) in [6.45, 7) is 2.57. The van der Waals surface area contributed by atoms with Crippen molar-refractivity contribution in [3.63, 3.8) is 0 Å². The molecule has 0 fully saturated rings. The third-order valence-electron chi connectivity index (χ3n) is 5.07. The van der Waals surface area contributed by atoms with E-state index in [-0.39, 0.29) is 5.75 Å². The number of ether oxygens (including phenoxy) is 2. The minimum absolute atomic E-state index is 0.0786. The molecule has 0 unspecified atom stereocenters. The summed E-state index contributed by atoms with van der Waals surface area (Å²) in [5.74, 6) is -0.361. The summed E-state index contributed by atoms with van der Waals surface area (Å²) in [6, 6.07) is 23.5. The number of hydrogen-bond acceptors (Lipinski definition) is 5. The van der Waals surface area contributed by atoms with Crippen LogP contribution in [0.4, 0.5) is 5.69 Å². The Kier molecular flexibility index (Phi) is 9.07. The van der Waals surface area contributed by atoms with Crippen LogP contribution in [-0.2, 0) is 38.1 Å². The first-order valence-corrected chi connectivity index (χ1v) is 12.7. The lowest BCUT2D eigenvalue weighted by molar-refractivity contribution is -0.149. The van der Waals surface area contributed by atoms with Gasteiger partial charge in [0.2, 0.25) is 10.0 Å². The molecule has 0 bridgehead atoms. The Morgan fingerprint density at radius 1 is 0.912 bits per heavy atom. The smallest absolute Gasteiger partial charge is 0.333 e. The van der Waals surface area contributed by atoms with Crippen molar-refractivity contribution < 1.29 is 27.8 Å². The van der Waals surface area contributed by atoms with Crippen molar-refractivity contribution in [3.05, 3.63) is 95.6 Å². The van der Waals surface area contributed by atoms with Gasteiger partial charge in [-0.25, -0.2) is 13.2 Å². The summed E-state index contributed by atoms with van der Waals surface area (Å²) in [5, 5.41) is 9.19. The number of sulfonamides is 1. The average Bonchev–Trinajstić information content (AvgIpc) is 2.81. The largest absolute Gasteiger partial charge is 0.493 e. The molecule has 0 heterocycles. The second-order valence-corrected chi connectivity index (χ2v) is 9.49. The van der Waals surface area contributed by atoms with Crippen LogP contribution in [0.5, 0.6) is 5.75 Å². The molecule has 0 saturated heterocycles. The molecule has 8 heteroatoms. The molecule has 3 rings (SSSR count). The molecule has 1 atom stereocenters. The zero-order chi connectivity index (χ0) is 24.4. The molecule has 0 aromatic heterocycles. The molecule has 3 aromatic carbocycles. The van der Waals surface area contributed by atoms with Crippen molar-refractivity contribution in [2.45, 2.75) is 31.6 Å². The molecule has 0 aliphatic heterocycles. The van der Waals surface area contributed by atoms with E-state index >= 15 is 0 Å². The molecule has 0 saturated carbocycles. The van der Waals surface area contributed by atoms with Gasteiger partial charge < -0.3 is 14.6 Å². The standard InChI is InChI=1S/C26H29NO6S/c1-2-32-25(26(28)29)18-21-10-14-24(15-11-21)33-17-16-20-8-12-23(13-9-20)27-34(30,31)19-22-6-4-3-5-7-22/h3-15,25,27H,2,16-19H2,1H3,(H,28,29)/t25-/m0/s1. The van der Waals surface area contributed by atoms with Gasteiger partial charge >= 0.3 is 5.97 Å². The Morgan fingerprint density at radius 2 is 1.56 bits per heavy atom. The van der Waals surface area contributed by atoms with Crippen LogP contribution in [0, 0.1) is 0 Å². The van der Waals surface area contributed by atoms with E-state index in [0.717, 1.165) is 16.7 Å². The van der Waals surface area contributed by atoms with E-state index in [0.29, 0.717) is 37.5 Å². The fourth-order valence-electron chi connectivity index (χ4n) is 3.39. The van der Waals surface area contributed by atoms with Crippen LogP contribution >= 0.6 is 0 Å². The second kappa shape index (κ2) is 12.2. The van der Waals surface area contributed by atoms with Crippen LogP contribution in [0.1, 0.15) is 23.6 Å². The third kappa shape index (κ3) is 8.20. The summed E-state index contributed by atoms with van der Waals surface area (Å²) in [5.41, 5.74) is 3.12. The minimum atomic E-state index is -3.49. The Labute approximate surface area is 200 Å². The molecular weight excluding hydrogens is 454 g/mol. The maximum Gasteiger partial charge on any atom is 0.333 e. The van der Waals surface area contributed by atoms with E-state index in [1.807, 2.05) is 54.6 Å². The summed E-state index contributed by atoms with van der Waals surface area (Å²) < 4.78 is 38.4. The topological polar surface area (TPSA) is 102 Å². The van der Waals surface area contributed by atoms with Gasteiger partial charge in [0, 0.05) is 25.1 Å². The molecule has 0 aliphatic rings. The molecule has 0 aliphatic carbocycles. The van der Waals surface area contributed by atoms with E-state index in [2.05, 4.69) is 4.72 Å². The van der Waals surface area contributed by atoms with Crippen LogP contribution < -0.4 is 9.46 Å². The number of anilines is 1. The van der Waals surface area contributed by atoms with Crippen LogP contribution in [0.3, 0.4) is 0 Å². The number of carboxylic acids is 1. The quantitative estimate of drug-likeness (QED) is 0.376. The summed E-state index contributed by atoms with van der Waals surface area (Å²) >= 11 is 0. The van der Waals surface area contributed by atoms with Gasteiger partial charge in [-0.15, -0.1) is 0 Å². The first-order valence-electron chi connectivity index (χ1n) is 11.0. The van der Waals surface area contributed by atoms with E-state index in [9.17, 15) is 18.3 Å². The number of carbonyl (C=O) groups is 1. The number of hydrogen-bond donors (Lipinski definition) is 2. The van der Waals surface area contributed by atoms with Crippen molar-refractivity contribution in [3.8, 4) is 5.75 Å². The Balaban J connectivity index is 1.46. The van der Waals surface area contributed by atoms with E-state index in [1.54, 1.807) is 31.2 Å². The zero-order valence-electron chi connectivity index (χ0n) is 19.0. The number of carboxylic acid groups (broad SMARTS) is 1. The molecule has 0 radical (unpaired) electrons. The van der Waals surface area contributed by atoms with Crippen molar-refractivity contribution in [2.24, 2.45) is 0 Å². The molecule has 7 nitrogen and oxygen atoms in total. The molecule has 3 aromatic rings. The normalized spacial score (nSPS) is 12.1. The van der Waals surface area contributed by atoms with Crippen LogP contribution in [0.25, 0.3) is 0 Å². The maximum atomic E-state index is 12.4. The van der Waals surface area contributed by atoms with Gasteiger partial charge in [0.15, 0.2) is 6.10 Å². The predicted octanol–water partition coefficient (Wildman–Crippen LogP) is 4.28. The Morgan fingerprint density at radius 3 is 2.18 bits per heavy atom. The van der Waals surface area contributed by atoms with E-state index in [4.69, 9.17) is 9.47 Å². The lowest BCUT2D eigenvalue weighted by Crippen LogP contribution is -2.26. The molecule has 34 heavy (non-hydrogen) atoms. The number of nitrogens with one attached hydrogen (secondary N) is 1. The number of aliphatic carboxylic acids is 1. The van der Waals surface area contributed by atoms with Crippen LogP contribution in [-0.4, -0.2) is 38.8 Å². The first-order chi connectivity index (χ1) is 16.3. The van der Waals surface area contributed by atoms with Gasteiger partial charge in [-0.2, -0.15) is 0 Å². The van der Waals surface area contributed by atoms with Gasteiger partial charge in [-0.05, 0) is 47.9 Å². The van der Waals surface area contributed by atoms with Crippen molar-refractivity contribution in [2.75, 3.05) is 17.9 Å². The fraction of sp³-hybridized carbons (Fsp3) is 0.269.